The summed E-state index contributed by atoms with van der Waals surface area (Å²) in [5.74, 6) is -0.147. The zero-order valence-corrected chi connectivity index (χ0v) is 11.6. The Morgan fingerprint density at radius 3 is 2.50 bits per heavy atom. The van der Waals surface area contributed by atoms with Crippen LogP contribution in [0.5, 0.6) is 0 Å². The fourth-order valence-electron chi connectivity index (χ4n) is 2.18. The highest BCUT2D eigenvalue weighted by Crippen LogP contribution is 2.24. The smallest absolute Gasteiger partial charge is 0.248 e. The van der Waals surface area contributed by atoms with Gasteiger partial charge < -0.3 is 18.9 Å². The monoisotopic (exact) mass is 279 g/mol. The molecule has 18 heavy (non-hydrogen) atoms. The predicted molar refractivity (Wildman–Crippen MR) is 67.4 cm³/mol. The van der Waals surface area contributed by atoms with Gasteiger partial charge in [0.15, 0.2) is 11.1 Å². The zero-order chi connectivity index (χ0) is 13.5. The van der Waals surface area contributed by atoms with Crippen LogP contribution >= 0.6 is 0 Å². The lowest BCUT2D eigenvalue weighted by Gasteiger charge is -2.34. The third-order valence-corrected chi connectivity index (χ3v) is 3.59. The average Bonchev–Trinajstić information content (AvgIpc) is 2.36. The summed E-state index contributed by atoms with van der Waals surface area (Å²) in [6, 6.07) is 0.215. The molecule has 1 fully saturated rings. The first kappa shape index (κ1) is 15.6. The maximum absolute atomic E-state index is 11.6. The highest BCUT2D eigenvalue weighted by atomic mass is 32.2. The summed E-state index contributed by atoms with van der Waals surface area (Å²) in [5, 5.41) is 0. The molecule has 7 heteroatoms. The van der Waals surface area contributed by atoms with E-state index in [1.807, 2.05) is 0 Å². The van der Waals surface area contributed by atoms with Crippen molar-refractivity contribution in [1.29, 1.82) is 0 Å². The van der Waals surface area contributed by atoms with E-state index in [1.54, 1.807) is 11.9 Å². The van der Waals surface area contributed by atoms with Crippen LogP contribution in [0.15, 0.2) is 0 Å². The molecule has 1 saturated carbocycles. The molecule has 0 aromatic rings. The minimum atomic E-state index is -1.90. The van der Waals surface area contributed by atoms with E-state index in [-0.39, 0.29) is 30.6 Å². The van der Waals surface area contributed by atoms with E-state index in [0.717, 1.165) is 25.7 Å². The van der Waals surface area contributed by atoms with Gasteiger partial charge in [0.05, 0.1) is 6.10 Å². The van der Waals surface area contributed by atoms with Crippen molar-refractivity contribution in [3.63, 3.8) is 0 Å². The minimum absolute atomic E-state index is 0.0154. The van der Waals surface area contributed by atoms with Gasteiger partial charge in [-0.25, -0.2) is 4.21 Å². The van der Waals surface area contributed by atoms with Crippen molar-refractivity contribution < 1.29 is 23.0 Å². The predicted octanol–water partition coefficient (Wildman–Crippen LogP) is 0.598. The van der Waals surface area contributed by atoms with Crippen LogP contribution < -0.4 is 0 Å². The van der Waals surface area contributed by atoms with Gasteiger partial charge in [0, 0.05) is 20.2 Å². The molecule has 0 heterocycles. The van der Waals surface area contributed by atoms with Gasteiger partial charge in [-0.1, -0.05) is 0 Å². The van der Waals surface area contributed by atoms with E-state index in [0.29, 0.717) is 0 Å². The normalized spacial score (nSPS) is 25.7. The van der Waals surface area contributed by atoms with E-state index in [9.17, 15) is 9.00 Å². The number of hydrogen-bond acceptors (Lipinski definition) is 4. The van der Waals surface area contributed by atoms with Gasteiger partial charge in [-0.3, -0.25) is 4.79 Å². The molecule has 1 unspecified atom stereocenters. The van der Waals surface area contributed by atoms with Crippen LogP contribution in [0.2, 0.25) is 0 Å². The number of carbonyl (C=O) groups excluding carboxylic acids is 1. The van der Waals surface area contributed by atoms with Crippen LogP contribution in [0.4, 0.5) is 0 Å². The minimum Gasteiger partial charge on any atom is -0.375 e. The van der Waals surface area contributed by atoms with Gasteiger partial charge in [-0.15, -0.1) is 0 Å². The molecule has 0 saturated heterocycles. The molecule has 1 aliphatic rings. The maximum atomic E-state index is 11.6. The summed E-state index contributed by atoms with van der Waals surface area (Å²) in [6.45, 7) is 0.108. The van der Waals surface area contributed by atoms with Gasteiger partial charge >= 0.3 is 0 Å². The van der Waals surface area contributed by atoms with Crippen LogP contribution in [-0.4, -0.2) is 58.4 Å². The summed E-state index contributed by atoms with van der Waals surface area (Å²) >= 11 is -1.90. The lowest BCUT2D eigenvalue weighted by atomic mass is 9.92. The molecule has 1 rings (SSSR count). The van der Waals surface area contributed by atoms with E-state index < -0.39 is 11.1 Å². The zero-order valence-electron chi connectivity index (χ0n) is 10.8. The summed E-state index contributed by atoms with van der Waals surface area (Å²) in [7, 11) is 3.29. The van der Waals surface area contributed by atoms with Crippen molar-refractivity contribution >= 4 is 17.0 Å². The topological polar surface area (TPSA) is 76.1 Å². The summed E-state index contributed by atoms with van der Waals surface area (Å²) < 4.78 is 29.3. The van der Waals surface area contributed by atoms with Crippen molar-refractivity contribution in [2.45, 2.75) is 37.8 Å². The first-order chi connectivity index (χ1) is 8.54. The Labute approximate surface area is 110 Å². The van der Waals surface area contributed by atoms with Crippen LogP contribution in [0, 0.1) is 0 Å². The van der Waals surface area contributed by atoms with Gasteiger partial charge in [-0.2, -0.15) is 0 Å². The summed E-state index contributed by atoms with van der Waals surface area (Å²) in [5.41, 5.74) is 0. The van der Waals surface area contributed by atoms with Gasteiger partial charge in [-0.05, 0) is 25.7 Å². The molecule has 0 aromatic carbocycles. The molecular formula is C11H21NO5S. The van der Waals surface area contributed by atoms with Crippen LogP contribution in [0.25, 0.3) is 0 Å². The number of hydrogen-bond donors (Lipinski definition) is 1. The molecule has 0 radical (unpaired) electrons. The molecule has 0 aromatic heterocycles. The molecule has 106 valence electrons. The van der Waals surface area contributed by atoms with E-state index in [2.05, 4.69) is 0 Å². The molecule has 0 bridgehead atoms. The van der Waals surface area contributed by atoms with E-state index >= 15 is 0 Å². The van der Waals surface area contributed by atoms with E-state index in [1.165, 1.54) is 7.11 Å². The Balaban J connectivity index is 2.30. The Kier molecular flexibility index (Phi) is 6.77. The third-order valence-electron chi connectivity index (χ3n) is 3.26. The van der Waals surface area contributed by atoms with Crippen LogP contribution in [0.3, 0.4) is 0 Å². The molecule has 1 aliphatic carbocycles. The van der Waals surface area contributed by atoms with Crippen molar-refractivity contribution in [1.82, 2.24) is 4.90 Å². The quantitative estimate of drug-likeness (QED) is 0.720. The first-order valence-corrected chi connectivity index (χ1v) is 7.25. The van der Waals surface area contributed by atoms with E-state index in [4.69, 9.17) is 14.0 Å². The molecule has 6 nitrogen and oxygen atoms in total. The third kappa shape index (κ3) is 5.01. The number of likely N-dealkylation sites (N-methyl/N-ethyl adjacent to an activating group) is 1. The molecule has 1 amide bonds. The number of rotatable bonds is 6. The fourth-order valence-corrected chi connectivity index (χ4v) is 2.49. The molecule has 0 aliphatic heterocycles. The largest absolute Gasteiger partial charge is 0.375 e. The van der Waals surface area contributed by atoms with Crippen molar-refractivity contribution in [2.75, 3.05) is 26.7 Å². The van der Waals surface area contributed by atoms with Gasteiger partial charge in [0.1, 0.15) is 12.5 Å². The fraction of sp³-hybridized carbons (Fsp3) is 0.909. The number of amides is 1. The SMILES string of the molecule is COCC(=O)N(C)[C@H]1CC[C@H](OCS(=O)O)CC1. The lowest BCUT2D eigenvalue weighted by molar-refractivity contribution is -0.137. The molecule has 0 spiro atoms. The number of nitrogens with zero attached hydrogens (tertiary/aromatic N) is 1. The summed E-state index contributed by atoms with van der Waals surface area (Å²) in [6.07, 6.45) is 3.37. The highest BCUT2D eigenvalue weighted by Gasteiger charge is 2.26. The van der Waals surface area contributed by atoms with Gasteiger partial charge in [0.25, 0.3) is 0 Å². The second-order valence-electron chi connectivity index (χ2n) is 4.47. The maximum Gasteiger partial charge on any atom is 0.248 e. The first-order valence-electron chi connectivity index (χ1n) is 5.98. The molecule has 1 N–H and O–H groups in total. The Morgan fingerprint density at radius 1 is 1.39 bits per heavy atom. The Bertz CT molecular complexity index is 291. The second-order valence-corrected chi connectivity index (χ2v) is 5.35. The van der Waals surface area contributed by atoms with Crippen LogP contribution in [0.1, 0.15) is 25.7 Å². The standard InChI is InChI=1S/C11H21NO5S/c1-12(11(13)7-16-2)9-3-5-10(6-4-9)17-8-18(14)15/h9-10H,3-8H2,1-2H3,(H,14,15)/t9-,10-. The number of methoxy groups -OCH3 is 1. The van der Waals surface area contributed by atoms with Crippen molar-refractivity contribution in [3.05, 3.63) is 0 Å². The Hall–Kier alpha value is -0.500. The average molecular weight is 279 g/mol. The second kappa shape index (κ2) is 7.83. The Morgan fingerprint density at radius 2 is 2.00 bits per heavy atom. The summed E-state index contributed by atoms with van der Waals surface area (Å²) in [4.78, 5) is 13.4. The van der Waals surface area contributed by atoms with Gasteiger partial charge in [0.2, 0.25) is 5.91 Å². The highest BCUT2D eigenvalue weighted by molar-refractivity contribution is 7.79. The molecular weight excluding hydrogens is 258 g/mol. The van der Waals surface area contributed by atoms with Crippen LogP contribution in [-0.2, 0) is 25.3 Å². The number of carbonyl (C=O) groups is 1. The van der Waals surface area contributed by atoms with Crippen molar-refractivity contribution in [2.24, 2.45) is 0 Å². The number of ether oxygens (including phenoxy) is 2. The van der Waals surface area contributed by atoms with Crippen molar-refractivity contribution in [3.8, 4) is 0 Å². The molecule has 1 atom stereocenters. The lowest BCUT2D eigenvalue weighted by Crippen LogP contribution is -2.42.